The van der Waals surface area contributed by atoms with E-state index >= 15 is 0 Å². The van der Waals surface area contributed by atoms with Crippen molar-refractivity contribution in [1.82, 2.24) is 19.5 Å². The highest BCUT2D eigenvalue weighted by atomic mass is 16.1. The second kappa shape index (κ2) is 6.79. The molecule has 7 nitrogen and oxygen atoms in total. The van der Waals surface area contributed by atoms with Gasteiger partial charge in [-0.05, 0) is 32.6 Å². The molecule has 2 aromatic rings. The van der Waals surface area contributed by atoms with E-state index < -0.39 is 0 Å². The lowest BCUT2D eigenvalue weighted by Gasteiger charge is -2.32. The van der Waals surface area contributed by atoms with Gasteiger partial charge in [0.25, 0.3) is 5.56 Å². The second-order valence-electron chi connectivity index (χ2n) is 6.21. The molecular weight excluding hydrogens is 304 g/mol. The number of hydrogen-bond donors (Lipinski definition) is 0. The quantitative estimate of drug-likeness (QED) is 0.849. The Balaban J connectivity index is 1.62. The zero-order valence-corrected chi connectivity index (χ0v) is 13.9. The Kier molecular flexibility index (Phi) is 4.56. The van der Waals surface area contributed by atoms with Crippen LogP contribution in [0.1, 0.15) is 29.8 Å². The number of rotatable bonds is 3. The average molecular weight is 324 g/mol. The first kappa shape index (κ1) is 16.1. The van der Waals surface area contributed by atoms with Crippen LogP contribution in [0.3, 0.4) is 0 Å². The van der Waals surface area contributed by atoms with Gasteiger partial charge in [-0.1, -0.05) is 0 Å². The topological polar surface area (TPSA) is 87.7 Å². The standard InChI is InChI=1S/C17H20N6O/c1-12-13(2)21-11-23(17(12)24)10-14-3-5-22(6-4-14)16-9-19-15(7-18)8-20-16/h8-9,11,14H,3-6,10H2,1-2H3. The summed E-state index contributed by atoms with van der Waals surface area (Å²) in [7, 11) is 0. The molecule has 1 aliphatic heterocycles. The van der Waals surface area contributed by atoms with Gasteiger partial charge in [0.1, 0.15) is 11.9 Å². The van der Waals surface area contributed by atoms with Gasteiger partial charge in [-0.15, -0.1) is 0 Å². The summed E-state index contributed by atoms with van der Waals surface area (Å²) in [5.41, 5.74) is 1.91. The number of piperidine rings is 1. The zero-order valence-electron chi connectivity index (χ0n) is 13.9. The fraction of sp³-hybridized carbons (Fsp3) is 0.471. The molecule has 2 aromatic heterocycles. The van der Waals surface area contributed by atoms with Crippen molar-refractivity contribution < 1.29 is 0 Å². The summed E-state index contributed by atoms with van der Waals surface area (Å²) < 4.78 is 1.73. The Labute approximate surface area is 140 Å². The van der Waals surface area contributed by atoms with E-state index in [1.807, 2.05) is 19.9 Å². The lowest BCUT2D eigenvalue weighted by Crippen LogP contribution is -2.37. The summed E-state index contributed by atoms with van der Waals surface area (Å²) in [6, 6.07) is 1.97. The molecule has 0 amide bonds. The van der Waals surface area contributed by atoms with Crippen LogP contribution < -0.4 is 10.5 Å². The molecule has 1 saturated heterocycles. The number of aryl methyl sites for hydroxylation is 1. The summed E-state index contributed by atoms with van der Waals surface area (Å²) in [5.74, 6) is 1.26. The number of nitriles is 1. The largest absolute Gasteiger partial charge is 0.355 e. The minimum absolute atomic E-state index is 0.0582. The Bertz CT molecular complexity index is 812. The minimum Gasteiger partial charge on any atom is -0.355 e. The van der Waals surface area contributed by atoms with Gasteiger partial charge in [0.05, 0.1) is 18.7 Å². The average Bonchev–Trinajstić information content (AvgIpc) is 2.63. The van der Waals surface area contributed by atoms with Gasteiger partial charge in [-0.3, -0.25) is 9.36 Å². The highest BCUT2D eigenvalue weighted by Gasteiger charge is 2.21. The molecule has 0 spiro atoms. The summed E-state index contributed by atoms with van der Waals surface area (Å²) in [6.45, 7) is 6.14. The van der Waals surface area contributed by atoms with E-state index in [4.69, 9.17) is 5.26 Å². The first-order valence-corrected chi connectivity index (χ1v) is 8.08. The maximum atomic E-state index is 12.3. The molecule has 0 saturated carbocycles. The van der Waals surface area contributed by atoms with E-state index in [0.717, 1.165) is 43.0 Å². The molecule has 0 radical (unpaired) electrons. The molecule has 3 heterocycles. The third kappa shape index (κ3) is 3.27. The fourth-order valence-corrected chi connectivity index (χ4v) is 2.97. The van der Waals surface area contributed by atoms with E-state index in [1.165, 1.54) is 6.20 Å². The normalized spacial score (nSPS) is 15.3. The van der Waals surface area contributed by atoms with E-state index in [0.29, 0.717) is 18.2 Å². The van der Waals surface area contributed by atoms with Crippen molar-refractivity contribution in [3.63, 3.8) is 0 Å². The zero-order chi connectivity index (χ0) is 17.1. The Morgan fingerprint density at radius 3 is 2.58 bits per heavy atom. The first-order valence-electron chi connectivity index (χ1n) is 8.08. The summed E-state index contributed by atoms with van der Waals surface area (Å²) >= 11 is 0. The van der Waals surface area contributed by atoms with E-state index in [-0.39, 0.29) is 5.56 Å². The highest BCUT2D eigenvalue weighted by molar-refractivity contribution is 5.37. The van der Waals surface area contributed by atoms with Crippen LogP contribution in [0.15, 0.2) is 23.5 Å². The van der Waals surface area contributed by atoms with Crippen LogP contribution in [-0.4, -0.2) is 32.6 Å². The summed E-state index contributed by atoms with van der Waals surface area (Å²) in [5, 5.41) is 8.77. The van der Waals surface area contributed by atoms with Gasteiger partial charge in [-0.2, -0.15) is 5.26 Å². The molecule has 0 aromatic carbocycles. The van der Waals surface area contributed by atoms with Crippen LogP contribution >= 0.6 is 0 Å². The van der Waals surface area contributed by atoms with Crippen molar-refractivity contribution >= 4 is 5.82 Å². The van der Waals surface area contributed by atoms with Crippen LogP contribution in [0.25, 0.3) is 0 Å². The minimum atomic E-state index is 0.0582. The number of nitrogens with zero attached hydrogens (tertiary/aromatic N) is 6. The number of hydrogen-bond acceptors (Lipinski definition) is 6. The van der Waals surface area contributed by atoms with Gasteiger partial charge >= 0.3 is 0 Å². The van der Waals surface area contributed by atoms with Gasteiger partial charge in [0.2, 0.25) is 0 Å². The summed E-state index contributed by atoms with van der Waals surface area (Å²) in [6.07, 6.45) is 6.78. The van der Waals surface area contributed by atoms with Crippen molar-refractivity contribution in [2.75, 3.05) is 18.0 Å². The van der Waals surface area contributed by atoms with Gasteiger partial charge in [0, 0.05) is 30.9 Å². The molecule has 0 aliphatic carbocycles. The van der Waals surface area contributed by atoms with E-state index in [1.54, 1.807) is 17.1 Å². The van der Waals surface area contributed by atoms with Crippen LogP contribution in [0.2, 0.25) is 0 Å². The Morgan fingerprint density at radius 2 is 1.96 bits per heavy atom. The van der Waals surface area contributed by atoms with E-state index in [2.05, 4.69) is 19.9 Å². The van der Waals surface area contributed by atoms with Crippen LogP contribution in [0, 0.1) is 31.1 Å². The molecule has 1 aliphatic rings. The number of anilines is 1. The lowest BCUT2D eigenvalue weighted by molar-refractivity contribution is 0.349. The molecule has 0 bridgehead atoms. The molecule has 124 valence electrons. The molecular formula is C17H20N6O. The van der Waals surface area contributed by atoms with Crippen molar-refractivity contribution in [3.8, 4) is 6.07 Å². The van der Waals surface area contributed by atoms with Crippen LogP contribution in [0.4, 0.5) is 5.82 Å². The maximum absolute atomic E-state index is 12.3. The predicted molar refractivity (Wildman–Crippen MR) is 89.7 cm³/mol. The molecule has 3 rings (SSSR count). The monoisotopic (exact) mass is 324 g/mol. The van der Waals surface area contributed by atoms with Gasteiger partial charge in [0.15, 0.2) is 5.69 Å². The summed E-state index contributed by atoms with van der Waals surface area (Å²) in [4.78, 5) is 27.1. The van der Waals surface area contributed by atoms with Gasteiger partial charge in [-0.25, -0.2) is 15.0 Å². The second-order valence-corrected chi connectivity index (χ2v) is 6.21. The Morgan fingerprint density at radius 1 is 1.21 bits per heavy atom. The SMILES string of the molecule is Cc1ncn(CC2CCN(c3cnc(C#N)cn3)CC2)c(=O)c1C. The molecule has 24 heavy (non-hydrogen) atoms. The predicted octanol–water partition coefficient (Wildman–Crippen LogP) is 1.44. The first-order chi connectivity index (χ1) is 11.6. The van der Waals surface area contributed by atoms with Crippen molar-refractivity contribution in [1.29, 1.82) is 5.26 Å². The van der Waals surface area contributed by atoms with Crippen molar-refractivity contribution in [3.05, 3.63) is 46.0 Å². The van der Waals surface area contributed by atoms with Crippen LogP contribution in [0.5, 0.6) is 0 Å². The van der Waals surface area contributed by atoms with Crippen molar-refractivity contribution in [2.24, 2.45) is 5.92 Å². The third-order valence-corrected chi connectivity index (χ3v) is 4.66. The molecule has 0 N–H and O–H groups in total. The van der Waals surface area contributed by atoms with E-state index in [9.17, 15) is 4.79 Å². The molecule has 0 unspecified atom stereocenters. The van der Waals surface area contributed by atoms with Crippen LogP contribution in [-0.2, 0) is 6.54 Å². The third-order valence-electron chi connectivity index (χ3n) is 4.66. The maximum Gasteiger partial charge on any atom is 0.256 e. The molecule has 0 atom stereocenters. The van der Waals surface area contributed by atoms with Crippen molar-refractivity contribution in [2.45, 2.75) is 33.2 Å². The molecule has 1 fully saturated rings. The van der Waals surface area contributed by atoms with Gasteiger partial charge < -0.3 is 4.90 Å². The lowest BCUT2D eigenvalue weighted by atomic mass is 9.96. The smallest absolute Gasteiger partial charge is 0.256 e. The Hall–Kier alpha value is -2.75. The fourth-order valence-electron chi connectivity index (χ4n) is 2.97. The highest BCUT2D eigenvalue weighted by Crippen LogP contribution is 2.22. The number of aromatic nitrogens is 4. The molecule has 7 heteroatoms.